The molecule has 1 aromatic heterocycles. The number of likely N-dealkylation sites (tertiary alicyclic amines) is 1. The first kappa shape index (κ1) is 15.6. The molecule has 1 aliphatic heterocycles. The maximum Gasteiger partial charge on any atom is 0.117 e. The van der Waals surface area contributed by atoms with Crippen LogP contribution < -0.4 is 5.32 Å². The summed E-state index contributed by atoms with van der Waals surface area (Å²) in [6, 6.07) is 4.57. The molecule has 1 aromatic rings. The Morgan fingerprint density at radius 3 is 2.60 bits per heavy atom. The molecule has 0 aliphatic carbocycles. The number of rotatable bonds is 5. The van der Waals surface area contributed by atoms with E-state index in [1.54, 1.807) is 6.26 Å². The molecule has 1 unspecified atom stereocenters. The Bertz CT molecular complexity index is 372. The van der Waals surface area contributed by atoms with Crippen molar-refractivity contribution in [3.8, 4) is 0 Å². The minimum Gasteiger partial charge on any atom is -0.468 e. The number of hydrogen-bond acceptors (Lipinski definition) is 3. The Morgan fingerprint density at radius 2 is 2.05 bits per heavy atom. The molecular weight excluding hydrogens is 248 g/mol. The molecule has 3 heteroatoms. The van der Waals surface area contributed by atoms with E-state index in [0.29, 0.717) is 11.5 Å². The molecular formula is C17H30N2O. The van der Waals surface area contributed by atoms with E-state index >= 15 is 0 Å². The molecule has 0 aromatic carbocycles. The minimum absolute atomic E-state index is 0.465. The van der Waals surface area contributed by atoms with Crippen LogP contribution in [0.15, 0.2) is 22.8 Å². The standard InChI is InChI=1S/C17H30N2O/c1-14(12-18-13-16-6-5-11-20-16)19-9-7-15(8-10-19)17(2,3)4/h5-6,11,14-15,18H,7-10,12-13H2,1-4H3. The van der Waals surface area contributed by atoms with Gasteiger partial charge in [-0.1, -0.05) is 20.8 Å². The summed E-state index contributed by atoms with van der Waals surface area (Å²) in [6.45, 7) is 13.8. The smallest absolute Gasteiger partial charge is 0.117 e. The normalized spacial score (nSPS) is 20.2. The van der Waals surface area contributed by atoms with Crippen molar-refractivity contribution >= 4 is 0 Å². The van der Waals surface area contributed by atoms with Crippen LogP contribution in [0.1, 0.15) is 46.3 Å². The van der Waals surface area contributed by atoms with E-state index in [4.69, 9.17) is 4.42 Å². The minimum atomic E-state index is 0.465. The maximum absolute atomic E-state index is 5.34. The van der Waals surface area contributed by atoms with Gasteiger partial charge in [0.2, 0.25) is 0 Å². The maximum atomic E-state index is 5.34. The molecule has 2 rings (SSSR count). The summed E-state index contributed by atoms with van der Waals surface area (Å²) in [4.78, 5) is 2.62. The van der Waals surface area contributed by atoms with Crippen LogP contribution in [0.4, 0.5) is 0 Å². The number of hydrogen-bond donors (Lipinski definition) is 1. The van der Waals surface area contributed by atoms with Crippen molar-refractivity contribution in [3.05, 3.63) is 24.2 Å². The van der Waals surface area contributed by atoms with Crippen molar-refractivity contribution in [1.29, 1.82) is 0 Å². The summed E-state index contributed by atoms with van der Waals surface area (Å²) in [6.07, 6.45) is 4.41. The van der Waals surface area contributed by atoms with E-state index in [9.17, 15) is 0 Å². The molecule has 0 amide bonds. The summed E-state index contributed by atoms with van der Waals surface area (Å²) < 4.78 is 5.34. The molecule has 0 spiro atoms. The topological polar surface area (TPSA) is 28.4 Å². The van der Waals surface area contributed by atoms with E-state index in [-0.39, 0.29) is 0 Å². The molecule has 1 N–H and O–H groups in total. The van der Waals surface area contributed by atoms with Crippen molar-refractivity contribution in [1.82, 2.24) is 10.2 Å². The fourth-order valence-corrected chi connectivity index (χ4v) is 3.15. The molecule has 3 nitrogen and oxygen atoms in total. The van der Waals surface area contributed by atoms with Crippen LogP contribution in [0.2, 0.25) is 0 Å². The molecule has 20 heavy (non-hydrogen) atoms. The quantitative estimate of drug-likeness (QED) is 0.893. The van der Waals surface area contributed by atoms with Crippen LogP contribution in [0, 0.1) is 11.3 Å². The van der Waals surface area contributed by atoms with Gasteiger partial charge in [0.25, 0.3) is 0 Å². The molecule has 1 fully saturated rings. The van der Waals surface area contributed by atoms with Gasteiger partial charge in [-0.3, -0.25) is 4.90 Å². The average Bonchev–Trinajstić information content (AvgIpc) is 2.91. The van der Waals surface area contributed by atoms with E-state index in [2.05, 4.69) is 37.9 Å². The first-order valence-corrected chi connectivity index (χ1v) is 7.94. The summed E-state index contributed by atoms with van der Waals surface area (Å²) in [5.41, 5.74) is 0.465. The lowest BCUT2D eigenvalue weighted by Crippen LogP contribution is -2.46. The number of nitrogens with one attached hydrogen (secondary N) is 1. The second-order valence-electron chi connectivity index (χ2n) is 7.24. The second kappa shape index (κ2) is 6.77. The van der Waals surface area contributed by atoms with Gasteiger partial charge >= 0.3 is 0 Å². The van der Waals surface area contributed by atoms with Crippen LogP contribution in [-0.4, -0.2) is 30.6 Å². The van der Waals surface area contributed by atoms with Crippen LogP contribution in [0.25, 0.3) is 0 Å². The van der Waals surface area contributed by atoms with Crippen molar-refractivity contribution in [2.24, 2.45) is 11.3 Å². The monoisotopic (exact) mass is 278 g/mol. The van der Waals surface area contributed by atoms with Crippen LogP contribution in [0.3, 0.4) is 0 Å². The van der Waals surface area contributed by atoms with Crippen LogP contribution >= 0.6 is 0 Å². The Hall–Kier alpha value is -0.800. The molecule has 0 bridgehead atoms. The molecule has 114 valence electrons. The van der Waals surface area contributed by atoms with Gasteiger partial charge in [0, 0.05) is 12.6 Å². The van der Waals surface area contributed by atoms with E-state index < -0.39 is 0 Å². The predicted octanol–water partition coefficient (Wildman–Crippen LogP) is 3.52. The van der Waals surface area contributed by atoms with Gasteiger partial charge in [0.15, 0.2) is 0 Å². The zero-order valence-corrected chi connectivity index (χ0v) is 13.5. The number of furan rings is 1. The fourth-order valence-electron chi connectivity index (χ4n) is 3.15. The van der Waals surface area contributed by atoms with Gasteiger partial charge in [-0.2, -0.15) is 0 Å². The van der Waals surface area contributed by atoms with Gasteiger partial charge in [-0.05, 0) is 56.3 Å². The average molecular weight is 278 g/mol. The summed E-state index contributed by atoms with van der Waals surface area (Å²) in [5.74, 6) is 1.89. The Kier molecular flexibility index (Phi) is 5.28. The highest BCUT2D eigenvalue weighted by Crippen LogP contribution is 2.34. The Morgan fingerprint density at radius 1 is 1.35 bits per heavy atom. The van der Waals surface area contributed by atoms with E-state index in [1.165, 1.54) is 25.9 Å². The summed E-state index contributed by atoms with van der Waals surface area (Å²) in [5, 5.41) is 3.49. The largest absolute Gasteiger partial charge is 0.468 e. The number of piperidine rings is 1. The third kappa shape index (κ3) is 4.35. The molecule has 0 saturated carbocycles. The lowest BCUT2D eigenvalue weighted by Gasteiger charge is -2.41. The first-order valence-electron chi connectivity index (χ1n) is 7.94. The SMILES string of the molecule is CC(CNCc1ccco1)N1CCC(C(C)(C)C)CC1. The van der Waals surface area contributed by atoms with Crippen LogP contribution in [-0.2, 0) is 6.54 Å². The Balaban J connectivity index is 1.68. The lowest BCUT2D eigenvalue weighted by atomic mass is 9.75. The summed E-state index contributed by atoms with van der Waals surface area (Å²) >= 11 is 0. The van der Waals surface area contributed by atoms with Crippen LogP contribution in [0.5, 0.6) is 0 Å². The third-order valence-electron chi connectivity index (χ3n) is 4.70. The van der Waals surface area contributed by atoms with Crippen molar-refractivity contribution in [2.75, 3.05) is 19.6 Å². The zero-order valence-electron chi connectivity index (χ0n) is 13.5. The van der Waals surface area contributed by atoms with Crippen molar-refractivity contribution in [2.45, 2.75) is 53.1 Å². The lowest BCUT2D eigenvalue weighted by molar-refractivity contribution is 0.0872. The molecule has 1 aliphatic rings. The highest BCUT2D eigenvalue weighted by atomic mass is 16.3. The highest BCUT2D eigenvalue weighted by Gasteiger charge is 2.29. The number of nitrogens with zero attached hydrogens (tertiary/aromatic N) is 1. The van der Waals surface area contributed by atoms with Gasteiger partial charge in [0.05, 0.1) is 12.8 Å². The van der Waals surface area contributed by atoms with Gasteiger partial charge in [0.1, 0.15) is 5.76 Å². The van der Waals surface area contributed by atoms with E-state index in [1.807, 2.05) is 12.1 Å². The van der Waals surface area contributed by atoms with Crippen molar-refractivity contribution < 1.29 is 4.42 Å². The zero-order chi connectivity index (χ0) is 14.6. The fraction of sp³-hybridized carbons (Fsp3) is 0.765. The molecule has 1 atom stereocenters. The third-order valence-corrected chi connectivity index (χ3v) is 4.70. The highest BCUT2D eigenvalue weighted by molar-refractivity contribution is 4.97. The Labute approximate surface area is 123 Å². The first-order chi connectivity index (χ1) is 9.47. The summed E-state index contributed by atoms with van der Waals surface area (Å²) in [7, 11) is 0. The van der Waals surface area contributed by atoms with E-state index in [0.717, 1.165) is 24.8 Å². The van der Waals surface area contributed by atoms with Crippen molar-refractivity contribution in [3.63, 3.8) is 0 Å². The van der Waals surface area contributed by atoms with Gasteiger partial charge in [-0.25, -0.2) is 0 Å². The molecule has 2 heterocycles. The molecule has 0 radical (unpaired) electrons. The molecule has 1 saturated heterocycles. The van der Waals surface area contributed by atoms with Gasteiger partial charge in [-0.15, -0.1) is 0 Å². The van der Waals surface area contributed by atoms with Gasteiger partial charge < -0.3 is 9.73 Å². The second-order valence-corrected chi connectivity index (χ2v) is 7.24. The predicted molar refractivity (Wildman–Crippen MR) is 83.6 cm³/mol.